The van der Waals surface area contributed by atoms with Gasteiger partial charge in [-0.1, -0.05) is 17.7 Å². The minimum Gasteiger partial charge on any atom is -0.494 e. The van der Waals surface area contributed by atoms with E-state index in [9.17, 15) is 14.4 Å². The molecule has 2 N–H and O–H groups in total. The lowest BCUT2D eigenvalue weighted by Gasteiger charge is -2.12. The summed E-state index contributed by atoms with van der Waals surface area (Å²) >= 11 is 1.14. The van der Waals surface area contributed by atoms with Gasteiger partial charge in [-0.15, -0.1) is 11.8 Å². The van der Waals surface area contributed by atoms with Crippen LogP contribution in [0.1, 0.15) is 19.4 Å². The zero-order valence-electron chi connectivity index (χ0n) is 17.3. The molecule has 1 atom stereocenters. The van der Waals surface area contributed by atoms with Crippen molar-refractivity contribution >= 4 is 40.9 Å². The van der Waals surface area contributed by atoms with Crippen molar-refractivity contribution in [1.82, 2.24) is 0 Å². The summed E-state index contributed by atoms with van der Waals surface area (Å²) in [7, 11) is 0. The topological polar surface area (TPSA) is 93.7 Å². The Morgan fingerprint density at radius 2 is 1.50 bits per heavy atom. The van der Waals surface area contributed by atoms with Crippen molar-refractivity contribution in [2.45, 2.75) is 26.0 Å². The van der Waals surface area contributed by atoms with E-state index in [1.807, 2.05) is 38.1 Å². The average molecular weight is 431 g/mol. The number of rotatable bonds is 10. The van der Waals surface area contributed by atoms with E-state index in [-0.39, 0.29) is 11.7 Å². The number of hydrogen-bond donors (Lipinski definition) is 2. The summed E-state index contributed by atoms with van der Waals surface area (Å²) in [5.41, 5.74) is 2.38. The Kier molecular flexibility index (Phi) is 9.21. The average Bonchev–Trinajstić information content (AvgIpc) is 2.73. The first-order valence-electron chi connectivity index (χ1n) is 9.55. The Labute approximate surface area is 180 Å². The zero-order valence-corrected chi connectivity index (χ0v) is 18.1. The normalized spacial score (nSPS) is 11.3. The number of nitrogens with one attached hydrogen (secondary N) is 2. The van der Waals surface area contributed by atoms with Gasteiger partial charge in [0.2, 0.25) is 5.91 Å². The van der Waals surface area contributed by atoms with Crippen molar-refractivity contribution in [1.29, 1.82) is 0 Å². The van der Waals surface area contributed by atoms with Gasteiger partial charge < -0.3 is 20.1 Å². The van der Waals surface area contributed by atoms with Crippen LogP contribution in [0.4, 0.5) is 11.4 Å². The molecule has 0 fully saturated rings. The second-order valence-electron chi connectivity index (χ2n) is 6.48. The molecule has 2 aromatic carbocycles. The number of anilines is 2. The number of benzene rings is 2. The fraction of sp³-hybridized carbons (Fsp3) is 0.318. The minimum atomic E-state index is -0.577. The Morgan fingerprint density at radius 3 is 2.10 bits per heavy atom. The summed E-state index contributed by atoms with van der Waals surface area (Å²) in [5.74, 6) is -0.398. The number of aryl methyl sites for hydroxylation is 1. The van der Waals surface area contributed by atoms with Crippen LogP contribution in [0, 0.1) is 6.92 Å². The van der Waals surface area contributed by atoms with Gasteiger partial charge in [-0.05, 0) is 57.2 Å². The molecular weight excluding hydrogens is 404 g/mol. The summed E-state index contributed by atoms with van der Waals surface area (Å²) in [6, 6.07) is 14.3. The van der Waals surface area contributed by atoms with E-state index in [0.29, 0.717) is 23.7 Å². The van der Waals surface area contributed by atoms with E-state index in [1.165, 1.54) is 0 Å². The van der Waals surface area contributed by atoms with E-state index in [4.69, 9.17) is 9.47 Å². The summed E-state index contributed by atoms with van der Waals surface area (Å²) < 4.78 is 10.4. The molecule has 2 amide bonds. The largest absolute Gasteiger partial charge is 0.494 e. The molecule has 1 unspecified atom stereocenters. The zero-order chi connectivity index (χ0) is 21.9. The molecule has 30 heavy (non-hydrogen) atoms. The van der Waals surface area contributed by atoms with Crippen LogP contribution in [0.3, 0.4) is 0 Å². The molecule has 0 aliphatic carbocycles. The Hall–Kier alpha value is -3.00. The number of thioether (sulfide) groups is 1. The van der Waals surface area contributed by atoms with Crippen LogP contribution in [-0.2, 0) is 19.1 Å². The van der Waals surface area contributed by atoms with Crippen molar-refractivity contribution in [3.8, 4) is 5.75 Å². The molecule has 2 aromatic rings. The smallest absolute Gasteiger partial charge is 0.319 e. The van der Waals surface area contributed by atoms with Crippen LogP contribution in [0.15, 0.2) is 48.5 Å². The Morgan fingerprint density at radius 1 is 0.933 bits per heavy atom. The highest BCUT2D eigenvalue weighted by molar-refractivity contribution is 8.01. The van der Waals surface area contributed by atoms with Crippen molar-refractivity contribution in [2.24, 2.45) is 0 Å². The first kappa shape index (κ1) is 23.3. The molecule has 0 bridgehead atoms. The standard InChI is InChI=1S/C22H26N2O5S/c1-4-28-19-11-9-18(10-12-19)23-20(25)13-29-22(27)16(3)30-14-21(26)24-17-7-5-15(2)6-8-17/h5-12,16H,4,13-14H2,1-3H3,(H,23,25)(H,24,26). The fourth-order valence-electron chi connectivity index (χ4n) is 2.35. The SMILES string of the molecule is CCOc1ccc(NC(=O)COC(=O)C(C)SCC(=O)Nc2ccc(C)cc2)cc1. The van der Waals surface area contributed by atoms with Gasteiger partial charge in [0, 0.05) is 11.4 Å². The van der Waals surface area contributed by atoms with Crippen LogP contribution in [-0.4, -0.2) is 42.0 Å². The predicted octanol–water partition coefficient (Wildman–Crippen LogP) is 3.64. The van der Waals surface area contributed by atoms with Crippen molar-refractivity contribution in [3.05, 3.63) is 54.1 Å². The van der Waals surface area contributed by atoms with Crippen LogP contribution in [0.5, 0.6) is 5.75 Å². The molecule has 2 rings (SSSR count). The van der Waals surface area contributed by atoms with Crippen LogP contribution >= 0.6 is 11.8 Å². The van der Waals surface area contributed by atoms with E-state index in [1.54, 1.807) is 31.2 Å². The van der Waals surface area contributed by atoms with Crippen molar-refractivity contribution in [2.75, 3.05) is 29.6 Å². The van der Waals surface area contributed by atoms with E-state index in [0.717, 1.165) is 17.3 Å². The van der Waals surface area contributed by atoms with Gasteiger partial charge in [-0.2, -0.15) is 0 Å². The van der Waals surface area contributed by atoms with E-state index < -0.39 is 23.7 Å². The number of ether oxygens (including phenoxy) is 2. The highest BCUT2D eigenvalue weighted by Crippen LogP contribution is 2.16. The van der Waals surface area contributed by atoms with Crippen molar-refractivity contribution in [3.63, 3.8) is 0 Å². The monoisotopic (exact) mass is 430 g/mol. The van der Waals surface area contributed by atoms with Gasteiger partial charge >= 0.3 is 5.97 Å². The molecule has 0 aliphatic heterocycles. The van der Waals surface area contributed by atoms with Gasteiger partial charge in [-0.3, -0.25) is 14.4 Å². The molecule has 0 saturated carbocycles. The number of hydrogen-bond acceptors (Lipinski definition) is 6. The first-order chi connectivity index (χ1) is 14.4. The molecule has 0 heterocycles. The highest BCUT2D eigenvalue weighted by Gasteiger charge is 2.18. The second-order valence-corrected chi connectivity index (χ2v) is 7.81. The van der Waals surface area contributed by atoms with Gasteiger partial charge in [0.05, 0.1) is 12.4 Å². The molecule has 0 radical (unpaired) electrons. The van der Waals surface area contributed by atoms with E-state index in [2.05, 4.69) is 10.6 Å². The maximum Gasteiger partial charge on any atom is 0.319 e. The minimum absolute atomic E-state index is 0.0997. The van der Waals surface area contributed by atoms with Crippen LogP contribution < -0.4 is 15.4 Å². The van der Waals surface area contributed by atoms with Gasteiger partial charge in [0.1, 0.15) is 11.0 Å². The molecule has 0 aromatic heterocycles. The molecular formula is C22H26N2O5S. The summed E-state index contributed by atoms with van der Waals surface area (Å²) in [6.45, 7) is 5.65. The molecule has 0 saturated heterocycles. The molecule has 0 spiro atoms. The van der Waals surface area contributed by atoms with Gasteiger partial charge in [0.25, 0.3) is 5.91 Å². The molecule has 7 nitrogen and oxygen atoms in total. The van der Waals surface area contributed by atoms with Crippen molar-refractivity contribution < 1.29 is 23.9 Å². The first-order valence-corrected chi connectivity index (χ1v) is 10.6. The van der Waals surface area contributed by atoms with Crippen LogP contribution in [0.2, 0.25) is 0 Å². The lowest BCUT2D eigenvalue weighted by atomic mass is 10.2. The summed E-state index contributed by atoms with van der Waals surface area (Å²) in [6.07, 6.45) is 0. The Balaban J connectivity index is 1.68. The number of carbonyl (C=O) groups excluding carboxylic acids is 3. The maximum atomic E-state index is 12.1. The lowest BCUT2D eigenvalue weighted by molar-refractivity contribution is -0.146. The fourth-order valence-corrected chi connectivity index (χ4v) is 3.03. The van der Waals surface area contributed by atoms with Gasteiger partial charge in [0.15, 0.2) is 6.61 Å². The third-order valence-corrected chi connectivity index (χ3v) is 5.05. The quantitative estimate of drug-likeness (QED) is 0.559. The lowest BCUT2D eigenvalue weighted by Crippen LogP contribution is -2.26. The van der Waals surface area contributed by atoms with Gasteiger partial charge in [-0.25, -0.2) is 0 Å². The number of amides is 2. The Bertz CT molecular complexity index is 853. The van der Waals surface area contributed by atoms with Crippen LogP contribution in [0.25, 0.3) is 0 Å². The maximum absolute atomic E-state index is 12.1. The third kappa shape index (κ3) is 8.16. The molecule has 8 heteroatoms. The van der Waals surface area contributed by atoms with E-state index >= 15 is 0 Å². The third-order valence-electron chi connectivity index (χ3n) is 3.93. The highest BCUT2D eigenvalue weighted by atomic mass is 32.2. The predicted molar refractivity (Wildman–Crippen MR) is 119 cm³/mol. The summed E-state index contributed by atoms with van der Waals surface area (Å²) in [4.78, 5) is 36.0. The molecule has 160 valence electrons. The molecule has 0 aliphatic rings. The number of carbonyl (C=O) groups is 3. The second kappa shape index (κ2) is 11.9. The number of esters is 1. The summed E-state index contributed by atoms with van der Waals surface area (Å²) in [5, 5.41) is 4.84.